The van der Waals surface area contributed by atoms with Crippen molar-refractivity contribution in [3.05, 3.63) is 0 Å². The van der Waals surface area contributed by atoms with E-state index in [1.54, 1.807) is 0 Å². The van der Waals surface area contributed by atoms with E-state index in [0.717, 1.165) is 19.3 Å². The first-order valence-electron chi connectivity index (χ1n) is 6.83. The van der Waals surface area contributed by atoms with E-state index in [1.165, 1.54) is 4.90 Å². The van der Waals surface area contributed by atoms with E-state index < -0.39 is 18.3 Å². The SMILES string of the molecule is CCC1C(=O)NC2(CCCCC2)C(=O)N1CCF. The Labute approximate surface area is 107 Å². The van der Waals surface area contributed by atoms with Crippen molar-refractivity contribution in [2.45, 2.75) is 57.0 Å². The molecular weight excluding hydrogens is 235 g/mol. The number of nitrogens with one attached hydrogen (secondary N) is 1. The van der Waals surface area contributed by atoms with Crippen molar-refractivity contribution >= 4 is 11.8 Å². The smallest absolute Gasteiger partial charge is 0.249 e. The Balaban J connectivity index is 2.25. The number of hydrogen-bond donors (Lipinski definition) is 1. The van der Waals surface area contributed by atoms with Gasteiger partial charge in [-0.15, -0.1) is 0 Å². The third-order valence-corrected chi connectivity index (χ3v) is 4.13. The molecule has 1 spiro atoms. The van der Waals surface area contributed by atoms with Crippen LogP contribution in [-0.2, 0) is 9.59 Å². The van der Waals surface area contributed by atoms with Gasteiger partial charge in [0.1, 0.15) is 18.3 Å². The Bertz CT molecular complexity index is 340. The normalized spacial score (nSPS) is 27.4. The molecule has 0 aromatic heterocycles. The molecule has 1 heterocycles. The summed E-state index contributed by atoms with van der Waals surface area (Å²) in [7, 11) is 0. The van der Waals surface area contributed by atoms with E-state index in [2.05, 4.69) is 5.32 Å². The summed E-state index contributed by atoms with van der Waals surface area (Å²) in [6, 6.07) is -0.499. The number of carbonyl (C=O) groups is 2. The van der Waals surface area contributed by atoms with E-state index in [9.17, 15) is 14.0 Å². The standard InChI is InChI=1S/C13H21FN2O2/c1-2-10-11(17)15-13(6-4-3-5-7-13)12(18)16(10)9-8-14/h10H,2-9H2,1H3,(H,15,17). The molecule has 1 aliphatic heterocycles. The molecule has 2 amide bonds. The highest BCUT2D eigenvalue weighted by molar-refractivity contribution is 5.99. The minimum absolute atomic E-state index is 0.0342. The van der Waals surface area contributed by atoms with Crippen LogP contribution >= 0.6 is 0 Å². The van der Waals surface area contributed by atoms with E-state index in [4.69, 9.17) is 0 Å². The van der Waals surface area contributed by atoms with Gasteiger partial charge in [-0.25, -0.2) is 4.39 Å². The molecule has 0 aromatic rings. The van der Waals surface area contributed by atoms with Crippen LogP contribution < -0.4 is 5.32 Å². The van der Waals surface area contributed by atoms with Gasteiger partial charge in [-0.3, -0.25) is 9.59 Å². The molecule has 5 heteroatoms. The molecule has 1 saturated heterocycles. The zero-order valence-corrected chi connectivity index (χ0v) is 10.9. The number of carbonyl (C=O) groups excluding carboxylic acids is 2. The number of halogens is 1. The van der Waals surface area contributed by atoms with Crippen LogP contribution in [-0.4, -0.2) is 41.5 Å². The monoisotopic (exact) mass is 256 g/mol. The van der Waals surface area contributed by atoms with Gasteiger partial charge in [0.25, 0.3) is 0 Å². The van der Waals surface area contributed by atoms with Crippen LogP contribution in [0, 0.1) is 0 Å². The van der Waals surface area contributed by atoms with E-state index in [-0.39, 0.29) is 18.4 Å². The molecule has 1 saturated carbocycles. The number of alkyl halides is 1. The van der Waals surface area contributed by atoms with Gasteiger partial charge in [0.2, 0.25) is 11.8 Å². The van der Waals surface area contributed by atoms with E-state index >= 15 is 0 Å². The van der Waals surface area contributed by atoms with Crippen molar-refractivity contribution in [3.8, 4) is 0 Å². The van der Waals surface area contributed by atoms with Crippen molar-refractivity contribution < 1.29 is 14.0 Å². The second-order valence-electron chi connectivity index (χ2n) is 5.24. The summed E-state index contributed by atoms with van der Waals surface area (Å²) in [4.78, 5) is 26.1. The summed E-state index contributed by atoms with van der Waals surface area (Å²) in [5.74, 6) is -0.196. The van der Waals surface area contributed by atoms with Crippen LogP contribution in [0.5, 0.6) is 0 Å². The molecule has 0 bridgehead atoms. The molecule has 1 atom stereocenters. The molecule has 18 heavy (non-hydrogen) atoms. The van der Waals surface area contributed by atoms with Crippen LogP contribution in [0.4, 0.5) is 4.39 Å². The summed E-state index contributed by atoms with van der Waals surface area (Å²) in [6.07, 6.45) is 4.92. The Morgan fingerprint density at radius 1 is 1.33 bits per heavy atom. The Morgan fingerprint density at radius 3 is 2.56 bits per heavy atom. The van der Waals surface area contributed by atoms with Crippen molar-refractivity contribution in [1.29, 1.82) is 0 Å². The molecule has 2 fully saturated rings. The predicted octanol–water partition coefficient (Wildman–Crippen LogP) is 1.40. The zero-order chi connectivity index (χ0) is 13.2. The average Bonchev–Trinajstić information content (AvgIpc) is 2.37. The van der Waals surface area contributed by atoms with Crippen molar-refractivity contribution in [2.24, 2.45) is 0 Å². The lowest BCUT2D eigenvalue weighted by Crippen LogP contribution is -2.70. The molecule has 1 N–H and O–H groups in total. The fraction of sp³-hybridized carbons (Fsp3) is 0.846. The van der Waals surface area contributed by atoms with Gasteiger partial charge in [0, 0.05) is 6.54 Å². The first-order chi connectivity index (χ1) is 8.64. The molecule has 4 nitrogen and oxygen atoms in total. The van der Waals surface area contributed by atoms with Crippen LogP contribution in [0.25, 0.3) is 0 Å². The fourth-order valence-electron chi connectivity index (χ4n) is 3.18. The average molecular weight is 256 g/mol. The maximum absolute atomic E-state index is 12.6. The van der Waals surface area contributed by atoms with Crippen molar-refractivity contribution in [2.75, 3.05) is 13.2 Å². The molecule has 102 valence electrons. The molecule has 0 aromatic carbocycles. The van der Waals surface area contributed by atoms with Gasteiger partial charge in [0.15, 0.2) is 0 Å². The summed E-state index contributed by atoms with van der Waals surface area (Å²) in [6.45, 7) is 1.29. The Kier molecular flexibility index (Phi) is 3.88. The summed E-state index contributed by atoms with van der Waals surface area (Å²) in [5.41, 5.74) is -0.740. The minimum atomic E-state index is -0.740. The lowest BCUT2D eigenvalue weighted by Gasteiger charge is -2.47. The Morgan fingerprint density at radius 2 is 2.00 bits per heavy atom. The summed E-state index contributed by atoms with van der Waals surface area (Å²) < 4.78 is 12.6. The fourth-order valence-corrected chi connectivity index (χ4v) is 3.18. The third kappa shape index (κ3) is 2.10. The van der Waals surface area contributed by atoms with Crippen LogP contribution in [0.2, 0.25) is 0 Å². The lowest BCUT2D eigenvalue weighted by atomic mass is 9.78. The van der Waals surface area contributed by atoms with Gasteiger partial charge in [-0.1, -0.05) is 26.2 Å². The van der Waals surface area contributed by atoms with Crippen LogP contribution in [0.15, 0.2) is 0 Å². The second kappa shape index (κ2) is 5.24. The molecule has 0 radical (unpaired) electrons. The highest BCUT2D eigenvalue weighted by Gasteiger charge is 2.50. The van der Waals surface area contributed by atoms with E-state index in [1.807, 2.05) is 6.92 Å². The number of hydrogen-bond acceptors (Lipinski definition) is 2. The molecule has 1 unspecified atom stereocenters. The topological polar surface area (TPSA) is 49.4 Å². The zero-order valence-electron chi connectivity index (χ0n) is 10.9. The highest BCUT2D eigenvalue weighted by atomic mass is 19.1. The highest BCUT2D eigenvalue weighted by Crippen LogP contribution is 2.33. The predicted molar refractivity (Wildman–Crippen MR) is 65.7 cm³/mol. The molecule has 1 aliphatic carbocycles. The van der Waals surface area contributed by atoms with Gasteiger partial charge in [-0.2, -0.15) is 0 Å². The van der Waals surface area contributed by atoms with Gasteiger partial charge >= 0.3 is 0 Å². The maximum Gasteiger partial charge on any atom is 0.249 e. The van der Waals surface area contributed by atoms with Crippen LogP contribution in [0.3, 0.4) is 0 Å². The Hall–Kier alpha value is -1.13. The number of nitrogens with zero attached hydrogens (tertiary/aromatic N) is 1. The van der Waals surface area contributed by atoms with Gasteiger partial charge in [-0.05, 0) is 19.3 Å². The first kappa shape index (κ1) is 13.3. The second-order valence-corrected chi connectivity index (χ2v) is 5.24. The van der Waals surface area contributed by atoms with Gasteiger partial charge in [0.05, 0.1) is 0 Å². The minimum Gasteiger partial charge on any atom is -0.340 e. The third-order valence-electron chi connectivity index (χ3n) is 4.13. The number of rotatable bonds is 3. The first-order valence-corrected chi connectivity index (χ1v) is 6.83. The summed E-state index contributed by atoms with van der Waals surface area (Å²) in [5, 5.41) is 2.92. The largest absolute Gasteiger partial charge is 0.340 e. The molecule has 2 aliphatic rings. The van der Waals surface area contributed by atoms with Gasteiger partial charge < -0.3 is 10.2 Å². The van der Waals surface area contributed by atoms with Crippen LogP contribution in [0.1, 0.15) is 45.4 Å². The van der Waals surface area contributed by atoms with Crippen molar-refractivity contribution in [1.82, 2.24) is 10.2 Å². The number of piperazine rings is 1. The molecule has 2 rings (SSSR count). The quantitative estimate of drug-likeness (QED) is 0.829. The number of amides is 2. The van der Waals surface area contributed by atoms with Crippen molar-refractivity contribution in [3.63, 3.8) is 0 Å². The summed E-state index contributed by atoms with van der Waals surface area (Å²) >= 11 is 0. The lowest BCUT2D eigenvalue weighted by molar-refractivity contribution is -0.157. The molecular formula is C13H21FN2O2. The van der Waals surface area contributed by atoms with E-state index in [0.29, 0.717) is 19.3 Å². The maximum atomic E-state index is 12.6.